The number of fused-ring (bicyclic) bond motifs is 1. The van der Waals surface area contributed by atoms with E-state index in [-0.39, 0.29) is 11.5 Å². The average Bonchev–Trinajstić information content (AvgIpc) is 2.55. The van der Waals surface area contributed by atoms with Crippen LogP contribution in [-0.2, 0) is 0 Å². The summed E-state index contributed by atoms with van der Waals surface area (Å²) in [6.45, 7) is 0. The van der Waals surface area contributed by atoms with Gasteiger partial charge in [0.2, 0.25) is 0 Å². The molecule has 0 atom stereocenters. The molecule has 1 heterocycles. The summed E-state index contributed by atoms with van der Waals surface area (Å²) < 4.78 is 24.7. The molecule has 0 fully saturated rings. The predicted molar refractivity (Wildman–Crippen MR) is 89.6 cm³/mol. The van der Waals surface area contributed by atoms with E-state index < -0.39 is 5.82 Å². The van der Waals surface area contributed by atoms with Gasteiger partial charge in [0.1, 0.15) is 11.5 Å². The molecule has 0 aliphatic rings. The molecule has 0 radical (unpaired) electrons. The van der Waals surface area contributed by atoms with E-state index in [0.29, 0.717) is 32.4 Å². The first-order valence-electron chi connectivity index (χ1n) is 6.74. The SMILES string of the molecule is COc1cc(Br)c2nc(-c3ccc(OC)c(F)c3)cc(O)c2c1. The molecule has 0 unspecified atom stereocenters. The van der Waals surface area contributed by atoms with Crippen molar-refractivity contribution in [1.29, 1.82) is 0 Å². The van der Waals surface area contributed by atoms with Crippen molar-refractivity contribution in [3.05, 3.63) is 46.7 Å². The summed E-state index contributed by atoms with van der Waals surface area (Å²) in [5.41, 5.74) is 1.57. The number of aromatic nitrogens is 1. The fourth-order valence-corrected chi connectivity index (χ4v) is 2.86. The Morgan fingerprint density at radius 1 is 1.09 bits per heavy atom. The van der Waals surface area contributed by atoms with Gasteiger partial charge in [0.15, 0.2) is 11.6 Å². The van der Waals surface area contributed by atoms with Crippen LogP contribution in [0.2, 0.25) is 0 Å². The number of aromatic hydroxyl groups is 1. The van der Waals surface area contributed by atoms with Gasteiger partial charge in [0.25, 0.3) is 0 Å². The van der Waals surface area contributed by atoms with Crippen molar-refractivity contribution in [1.82, 2.24) is 4.98 Å². The van der Waals surface area contributed by atoms with Crippen LogP contribution in [-0.4, -0.2) is 24.3 Å². The average molecular weight is 378 g/mol. The summed E-state index contributed by atoms with van der Waals surface area (Å²) in [7, 11) is 2.95. The molecule has 0 saturated heterocycles. The number of benzene rings is 2. The molecule has 1 N–H and O–H groups in total. The second-order valence-corrected chi connectivity index (χ2v) is 5.74. The zero-order valence-electron chi connectivity index (χ0n) is 12.4. The van der Waals surface area contributed by atoms with Crippen LogP contribution >= 0.6 is 15.9 Å². The van der Waals surface area contributed by atoms with Crippen LogP contribution in [0.3, 0.4) is 0 Å². The molecule has 23 heavy (non-hydrogen) atoms. The highest BCUT2D eigenvalue weighted by molar-refractivity contribution is 9.10. The molecule has 0 amide bonds. The molecule has 118 valence electrons. The molecule has 0 spiro atoms. The largest absolute Gasteiger partial charge is 0.507 e. The van der Waals surface area contributed by atoms with Crippen molar-refractivity contribution >= 4 is 26.8 Å². The van der Waals surface area contributed by atoms with E-state index in [0.717, 1.165) is 0 Å². The van der Waals surface area contributed by atoms with Gasteiger partial charge in [-0.1, -0.05) is 0 Å². The fraction of sp³-hybridized carbons (Fsp3) is 0.118. The molecule has 0 saturated carbocycles. The van der Waals surface area contributed by atoms with Crippen molar-refractivity contribution in [3.8, 4) is 28.5 Å². The first-order chi connectivity index (χ1) is 11.0. The summed E-state index contributed by atoms with van der Waals surface area (Å²) in [6, 6.07) is 9.48. The van der Waals surface area contributed by atoms with Crippen LogP contribution in [0.5, 0.6) is 17.2 Å². The number of rotatable bonds is 3. The van der Waals surface area contributed by atoms with E-state index in [1.54, 1.807) is 25.3 Å². The zero-order valence-corrected chi connectivity index (χ0v) is 14.0. The van der Waals surface area contributed by atoms with Gasteiger partial charge in [0, 0.05) is 21.5 Å². The standard InChI is InChI=1S/C17H13BrFNO3/c1-22-10-6-11-15(21)8-14(20-17(11)12(18)7-10)9-3-4-16(23-2)13(19)5-9/h3-8H,1-2H3,(H,20,21). The lowest BCUT2D eigenvalue weighted by atomic mass is 10.1. The Hall–Kier alpha value is -2.34. The monoisotopic (exact) mass is 377 g/mol. The molecule has 0 aliphatic heterocycles. The van der Waals surface area contributed by atoms with Crippen molar-refractivity contribution in [2.45, 2.75) is 0 Å². The van der Waals surface area contributed by atoms with E-state index in [1.165, 1.54) is 25.3 Å². The Morgan fingerprint density at radius 2 is 1.87 bits per heavy atom. The van der Waals surface area contributed by atoms with Gasteiger partial charge < -0.3 is 14.6 Å². The number of methoxy groups -OCH3 is 2. The Bertz CT molecular complexity index is 899. The third-order valence-corrected chi connectivity index (χ3v) is 4.11. The van der Waals surface area contributed by atoms with Gasteiger partial charge in [-0.2, -0.15) is 0 Å². The van der Waals surface area contributed by atoms with Gasteiger partial charge in [-0.3, -0.25) is 0 Å². The van der Waals surface area contributed by atoms with Crippen molar-refractivity contribution in [2.75, 3.05) is 14.2 Å². The molecule has 6 heteroatoms. The Morgan fingerprint density at radius 3 is 2.52 bits per heavy atom. The second-order valence-electron chi connectivity index (χ2n) is 4.88. The van der Waals surface area contributed by atoms with Crippen LogP contribution in [0, 0.1) is 5.82 Å². The van der Waals surface area contributed by atoms with E-state index in [4.69, 9.17) is 9.47 Å². The lowest BCUT2D eigenvalue weighted by molar-refractivity contribution is 0.386. The molecular formula is C17H13BrFNO3. The quantitative estimate of drug-likeness (QED) is 0.728. The normalized spacial score (nSPS) is 10.8. The molecule has 3 rings (SSSR count). The minimum atomic E-state index is -0.486. The first kappa shape index (κ1) is 15.6. The molecule has 4 nitrogen and oxygen atoms in total. The maximum Gasteiger partial charge on any atom is 0.165 e. The third kappa shape index (κ3) is 2.82. The first-order valence-corrected chi connectivity index (χ1v) is 7.54. The lowest BCUT2D eigenvalue weighted by Gasteiger charge is -2.10. The zero-order chi connectivity index (χ0) is 16.6. The van der Waals surface area contributed by atoms with Gasteiger partial charge in [-0.05, 0) is 46.3 Å². The number of pyridine rings is 1. The molecule has 1 aromatic heterocycles. The van der Waals surface area contributed by atoms with Gasteiger partial charge in [0.05, 0.1) is 25.4 Å². The van der Waals surface area contributed by atoms with Crippen LogP contribution in [0.15, 0.2) is 40.9 Å². The Labute approximate surface area is 140 Å². The summed E-state index contributed by atoms with van der Waals surface area (Å²) >= 11 is 3.42. The highest BCUT2D eigenvalue weighted by Crippen LogP contribution is 2.36. The Kier molecular flexibility index (Phi) is 4.09. The second kappa shape index (κ2) is 6.04. The number of halogens is 2. The van der Waals surface area contributed by atoms with E-state index >= 15 is 0 Å². The lowest BCUT2D eigenvalue weighted by Crippen LogP contribution is -1.92. The number of ether oxygens (including phenoxy) is 2. The third-order valence-electron chi connectivity index (χ3n) is 3.50. The highest BCUT2D eigenvalue weighted by atomic mass is 79.9. The molecule has 0 bridgehead atoms. The molecule has 3 aromatic rings. The molecule has 0 aliphatic carbocycles. The van der Waals surface area contributed by atoms with Gasteiger partial charge >= 0.3 is 0 Å². The van der Waals surface area contributed by atoms with Crippen LogP contribution in [0.4, 0.5) is 4.39 Å². The van der Waals surface area contributed by atoms with Crippen molar-refractivity contribution in [3.63, 3.8) is 0 Å². The molecular weight excluding hydrogens is 365 g/mol. The maximum absolute atomic E-state index is 13.9. The maximum atomic E-state index is 13.9. The van der Waals surface area contributed by atoms with Gasteiger partial charge in [-0.25, -0.2) is 9.37 Å². The Balaban J connectivity index is 2.20. The minimum absolute atomic E-state index is 0.0424. The number of hydrogen-bond acceptors (Lipinski definition) is 4. The summed E-state index contributed by atoms with van der Waals surface area (Å²) in [4.78, 5) is 4.51. The summed E-state index contributed by atoms with van der Waals surface area (Å²) in [5.74, 6) is 0.315. The topological polar surface area (TPSA) is 51.6 Å². The fourth-order valence-electron chi connectivity index (χ4n) is 2.33. The van der Waals surface area contributed by atoms with Gasteiger partial charge in [-0.15, -0.1) is 0 Å². The van der Waals surface area contributed by atoms with Crippen molar-refractivity contribution in [2.24, 2.45) is 0 Å². The van der Waals surface area contributed by atoms with Crippen LogP contribution < -0.4 is 9.47 Å². The van der Waals surface area contributed by atoms with E-state index in [2.05, 4.69) is 20.9 Å². The smallest absolute Gasteiger partial charge is 0.165 e. The van der Waals surface area contributed by atoms with Crippen molar-refractivity contribution < 1.29 is 19.0 Å². The van der Waals surface area contributed by atoms with Crippen LogP contribution in [0.25, 0.3) is 22.2 Å². The number of nitrogens with zero attached hydrogens (tertiary/aromatic N) is 1. The van der Waals surface area contributed by atoms with E-state index in [1.807, 2.05) is 0 Å². The number of hydrogen-bond donors (Lipinski definition) is 1. The molecule has 2 aromatic carbocycles. The van der Waals surface area contributed by atoms with E-state index in [9.17, 15) is 9.50 Å². The highest BCUT2D eigenvalue weighted by Gasteiger charge is 2.13. The summed E-state index contributed by atoms with van der Waals surface area (Å²) in [5, 5.41) is 10.8. The minimum Gasteiger partial charge on any atom is -0.507 e. The summed E-state index contributed by atoms with van der Waals surface area (Å²) in [6.07, 6.45) is 0. The predicted octanol–water partition coefficient (Wildman–Crippen LogP) is 4.53. The van der Waals surface area contributed by atoms with Crippen LogP contribution in [0.1, 0.15) is 0 Å².